The Bertz CT molecular complexity index is 1550. The summed E-state index contributed by atoms with van der Waals surface area (Å²) >= 11 is 0. The van der Waals surface area contributed by atoms with Crippen molar-refractivity contribution in [3.63, 3.8) is 0 Å². The minimum absolute atomic E-state index is 0.0962. The van der Waals surface area contributed by atoms with Crippen LogP contribution in [0.5, 0.6) is 0 Å². The van der Waals surface area contributed by atoms with E-state index in [1.165, 1.54) is 174 Å². The Hall–Kier alpha value is -2.21. The summed E-state index contributed by atoms with van der Waals surface area (Å²) in [4.78, 5) is 63.0. The Kier molecular flexibility index (Phi) is 49.6. The van der Waals surface area contributed by atoms with E-state index >= 15 is 0 Å². The quantitative estimate of drug-likeness (QED) is 0.0188. The van der Waals surface area contributed by atoms with Gasteiger partial charge in [0.15, 0.2) is 18.5 Å². The first kappa shape index (κ1) is 75.8. The van der Waals surface area contributed by atoms with Gasteiger partial charge in [-0.2, -0.15) is 0 Å². The smallest absolute Gasteiger partial charge is 0.462 e. The molecule has 1 heterocycles. The van der Waals surface area contributed by atoms with Gasteiger partial charge in [0, 0.05) is 26.3 Å². The second-order valence-corrected chi connectivity index (χ2v) is 24.2. The number of phosphoric acid groups is 1. The van der Waals surface area contributed by atoms with Crippen molar-refractivity contribution in [3.05, 3.63) is 0 Å². The molecular formula is C62H119N2O15P. The number of rotatable bonds is 57. The monoisotopic (exact) mass is 1160 g/mol. The molecule has 0 saturated carbocycles. The number of carbonyl (C=O) groups excluding carboxylic acids is 4. The zero-order valence-corrected chi connectivity index (χ0v) is 51.9. The van der Waals surface area contributed by atoms with E-state index in [9.17, 15) is 44.0 Å². The number of hydrogen-bond acceptors (Lipinski definition) is 14. The number of phosphoric ester groups is 1. The molecule has 2 amide bonds. The average Bonchev–Trinajstić information content (AvgIpc) is 3.52. The Morgan fingerprint density at radius 1 is 0.525 bits per heavy atom. The fourth-order valence-electron chi connectivity index (χ4n) is 10.2. The Balaban J connectivity index is 2.92. The van der Waals surface area contributed by atoms with Crippen molar-refractivity contribution in [1.29, 1.82) is 0 Å². The fraction of sp³-hybridized carbons (Fsp3) is 0.935. The van der Waals surface area contributed by atoms with Crippen molar-refractivity contribution in [1.82, 2.24) is 10.6 Å². The molecule has 0 bridgehead atoms. The topological polar surface area (TPSA) is 246 Å². The van der Waals surface area contributed by atoms with Gasteiger partial charge < -0.3 is 49.8 Å². The number of aliphatic hydroxyl groups is 3. The largest absolute Gasteiger partial charge is 0.473 e. The number of aliphatic hydroxyl groups excluding tert-OH is 3. The molecular weight excluding hydrogens is 1040 g/mol. The number of hydrogen-bond donors (Lipinski definition) is 6. The third-order valence-electron chi connectivity index (χ3n) is 15.2. The predicted molar refractivity (Wildman–Crippen MR) is 317 cm³/mol. The predicted octanol–water partition coefficient (Wildman–Crippen LogP) is 13.5. The molecule has 0 aliphatic carbocycles. The highest BCUT2D eigenvalue weighted by Crippen LogP contribution is 2.45. The van der Waals surface area contributed by atoms with Crippen molar-refractivity contribution >= 4 is 31.6 Å². The lowest BCUT2D eigenvalue weighted by Gasteiger charge is -2.42. The van der Waals surface area contributed by atoms with Gasteiger partial charge in [-0.25, -0.2) is 4.57 Å². The molecule has 1 fully saturated rings. The molecule has 0 aromatic heterocycles. The molecule has 17 nitrogen and oxygen atoms in total. The first-order valence-corrected chi connectivity index (χ1v) is 34.1. The van der Waals surface area contributed by atoms with Crippen molar-refractivity contribution in [3.8, 4) is 0 Å². The Labute approximate surface area is 485 Å². The van der Waals surface area contributed by atoms with Crippen LogP contribution in [0.2, 0.25) is 0 Å². The van der Waals surface area contributed by atoms with Gasteiger partial charge >= 0.3 is 19.8 Å². The van der Waals surface area contributed by atoms with Gasteiger partial charge in [-0.3, -0.25) is 28.2 Å². The van der Waals surface area contributed by atoms with Gasteiger partial charge in [-0.1, -0.05) is 258 Å². The summed E-state index contributed by atoms with van der Waals surface area (Å²) < 4.78 is 47.2. The number of carbonyl (C=O) groups is 4. The highest BCUT2D eigenvalue weighted by molar-refractivity contribution is 7.47. The molecule has 1 aliphatic rings. The van der Waals surface area contributed by atoms with Crippen LogP contribution in [0.15, 0.2) is 0 Å². The normalized spacial score (nSPS) is 18.8. The summed E-state index contributed by atoms with van der Waals surface area (Å²) in [6.07, 6.45) is 37.3. The number of esters is 2. The first-order valence-electron chi connectivity index (χ1n) is 32.6. The molecule has 0 aromatic carbocycles. The zero-order valence-electron chi connectivity index (χ0n) is 51.0. The van der Waals surface area contributed by atoms with E-state index < -0.39 is 101 Å². The van der Waals surface area contributed by atoms with Crippen LogP contribution < -0.4 is 10.6 Å². The van der Waals surface area contributed by atoms with Crippen molar-refractivity contribution in [2.45, 2.75) is 340 Å². The van der Waals surface area contributed by atoms with E-state index in [0.29, 0.717) is 19.3 Å². The molecule has 1 unspecified atom stereocenters. The fourth-order valence-corrected chi connectivity index (χ4v) is 11.0. The summed E-state index contributed by atoms with van der Waals surface area (Å²) in [5.41, 5.74) is 0. The molecule has 0 spiro atoms. The highest BCUT2D eigenvalue weighted by atomic mass is 31.2. The van der Waals surface area contributed by atoms with E-state index in [-0.39, 0.29) is 19.4 Å². The van der Waals surface area contributed by atoms with Gasteiger partial charge in [0.2, 0.25) is 5.91 Å². The molecule has 1 rings (SSSR count). The summed E-state index contributed by atoms with van der Waals surface area (Å²) in [5, 5.41) is 36.4. The summed E-state index contributed by atoms with van der Waals surface area (Å²) in [6, 6.07) is -1.36. The Morgan fingerprint density at radius 3 is 1.31 bits per heavy atom. The minimum Gasteiger partial charge on any atom is -0.462 e. The molecule has 8 atom stereocenters. The second kappa shape index (κ2) is 52.4. The van der Waals surface area contributed by atoms with Crippen LogP contribution in [0, 0.1) is 0 Å². The zero-order chi connectivity index (χ0) is 58.7. The molecule has 1 saturated heterocycles. The van der Waals surface area contributed by atoms with E-state index in [2.05, 4.69) is 31.4 Å². The number of unbranched alkanes of at least 4 members (excludes halogenated alkanes) is 37. The molecule has 472 valence electrons. The first-order chi connectivity index (χ1) is 38.8. The molecule has 6 N–H and O–H groups in total. The van der Waals surface area contributed by atoms with Crippen LogP contribution in [0.3, 0.4) is 0 Å². The van der Waals surface area contributed by atoms with Gasteiger partial charge in [0.25, 0.3) is 5.91 Å². The lowest BCUT2D eigenvalue weighted by molar-refractivity contribution is -0.273. The molecule has 80 heavy (non-hydrogen) atoms. The van der Waals surface area contributed by atoms with Gasteiger partial charge in [-0.05, 0) is 19.3 Å². The van der Waals surface area contributed by atoms with Crippen LogP contribution in [0.25, 0.3) is 0 Å². The van der Waals surface area contributed by atoms with Crippen LogP contribution in [0.4, 0.5) is 0 Å². The maximum absolute atomic E-state index is 13.7. The standard InChI is InChI=1S/C62H119N2O15P/c1-5-8-11-14-17-20-23-26-29-32-35-38-41-44-47-63-61(71)55(51-75-62-58(64-52(4)66)60(70)59(69)54(48-65)78-62)79-80(72,73)76-50-53(77-57(68)46-43-40-37-34-31-28-25-22-19-16-13-10-7-3)49-74-56(67)45-42-39-36-33-30-27-24-21-18-15-12-9-6-2/h53-55,58-60,62,65,69-70H,5-51H2,1-4H3,(H,63,71)(H,64,66)(H,72,73)/t53-,54-,55-,58-,59-,60-,62+/m1/s1. The molecule has 18 heteroatoms. The number of nitrogens with one attached hydrogen (secondary N) is 2. The highest BCUT2D eigenvalue weighted by Gasteiger charge is 2.46. The maximum Gasteiger partial charge on any atom is 0.473 e. The minimum atomic E-state index is -5.18. The number of amides is 2. The van der Waals surface area contributed by atoms with E-state index in [1.54, 1.807) is 0 Å². The third-order valence-corrected chi connectivity index (χ3v) is 16.2. The molecule has 1 aliphatic heterocycles. The van der Waals surface area contributed by atoms with Crippen LogP contribution in [-0.4, -0.2) is 120 Å². The van der Waals surface area contributed by atoms with E-state index in [1.807, 2.05) is 0 Å². The van der Waals surface area contributed by atoms with Gasteiger partial charge in [0.1, 0.15) is 31.0 Å². The second-order valence-electron chi connectivity index (χ2n) is 22.8. The average molecular weight is 1160 g/mol. The van der Waals surface area contributed by atoms with Crippen LogP contribution >= 0.6 is 7.82 Å². The van der Waals surface area contributed by atoms with Crippen molar-refractivity contribution in [2.24, 2.45) is 0 Å². The van der Waals surface area contributed by atoms with Gasteiger partial charge in [0.05, 0.1) is 19.8 Å². The maximum atomic E-state index is 13.7. The molecule has 0 radical (unpaired) electrons. The van der Waals surface area contributed by atoms with Gasteiger partial charge in [-0.15, -0.1) is 0 Å². The SMILES string of the molecule is CCCCCCCCCCCCCCCCNC(=O)[C@@H](CO[C@H]1O[C@H](CO)[C@@H](O)[C@H](O)[C@H]1NC(C)=O)OP(=O)(O)OC[C@@H](COC(=O)CCCCCCCCCCCCCCC)OC(=O)CCCCCCCCCCCCCCC. The lowest BCUT2D eigenvalue weighted by Crippen LogP contribution is -2.64. The third kappa shape index (κ3) is 42.6. The Morgan fingerprint density at radius 2 is 0.912 bits per heavy atom. The molecule has 0 aromatic rings. The van der Waals surface area contributed by atoms with E-state index in [4.69, 9.17) is 28.0 Å². The van der Waals surface area contributed by atoms with Crippen molar-refractivity contribution in [2.75, 3.05) is 33.0 Å². The van der Waals surface area contributed by atoms with Crippen molar-refractivity contribution < 1.29 is 72.0 Å². The lowest BCUT2D eigenvalue weighted by atomic mass is 9.97. The summed E-state index contributed by atoms with van der Waals surface area (Å²) in [5.74, 6) is -2.50. The summed E-state index contributed by atoms with van der Waals surface area (Å²) in [7, 11) is -5.18. The summed E-state index contributed by atoms with van der Waals surface area (Å²) in [6.45, 7) is 5.48. The van der Waals surface area contributed by atoms with Crippen LogP contribution in [0.1, 0.15) is 297 Å². The van der Waals surface area contributed by atoms with E-state index in [0.717, 1.165) is 70.6 Å². The number of ether oxygens (including phenoxy) is 4. The van der Waals surface area contributed by atoms with Crippen LogP contribution in [-0.2, 0) is 51.7 Å².